The fraction of sp³-hybridized carbons (Fsp3) is 0.143. The number of rotatable bonds is 5. The number of hydrazine groups is 1. The second-order valence-corrected chi connectivity index (χ2v) is 4.56. The third-order valence-corrected chi connectivity index (χ3v) is 3.00. The summed E-state index contributed by atoms with van der Waals surface area (Å²) in [5, 5.41) is 14.3. The van der Waals surface area contributed by atoms with E-state index in [4.69, 9.17) is 0 Å². The van der Waals surface area contributed by atoms with Gasteiger partial charge in [0.05, 0.1) is 12.1 Å². The number of carbonyl (C=O) groups is 1. The first-order valence-corrected chi connectivity index (χ1v) is 6.26. The third-order valence-electron chi connectivity index (χ3n) is 3.00. The van der Waals surface area contributed by atoms with E-state index in [1.54, 1.807) is 19.1 Å². The molecule has 1 amide bonds. The van der Waals surface area contributed by atoms with Gasteiger partial charge in [-0.05, 0) is 36.8 Å². The topological polar surface area (TPSA) is 110 Å². The van der Waals surface area contributed by atoms with E-state index in [0.29, 0.717) is 17.0 Å². The van der Waals surface area contributed by atoms with Crippen LogP contribution in [0.4, 0.5) is 0 Å². The molecule has 0 aliphatic rings. The van der Waals surface area contributed by atoms with Gasteiger partial charge in [-0.25, -0.2) is 0 Å². The molecule has 0 saturated heterocycles. The Bertz CT molecular complexity index is 713. The number of hydrogen-bond acceptors (Lipinski definition) is 4. The molecule has 1 aromatic carbocycles. The van der Waals surface area contributed by atoms with E-state index in [9.17, 15) is 14.7 Å². The Morgan fingerprint density at radius 2 is 1.90 bits per heavy atom. The molecule has 0 fully saturated rings. The number of amides is 1. The van der Waals surface area contributed by atoms with Crippen molar-refractivity contribution in [3.8, 4) is 5.75 Å². The SMILES string of the molecule is C=C(NNC(=O)Cc1c(C)[nH][nH]c1=O)c1ccc(O)cc1. The highest BCUT2D eigenvalue weighted by Crippen LogP contribution is 2.13. The van der Waals surface area contributed by atoms with Crippen molar-refractivity contribution in [2.24, 2.45) is 0 Å². The molecular formula is C14H16N4O3. The molecule has 0 spiro atoms. The maximum Gasteiger partial charge on any atom is 0.267 e. The molecule has 0 unspecified atom stereocenters. The predicted octanol–water partition coefficient (Wildman–Crippen LogP) is 0.551. The fourth-order valence-electron chi connectivity index (χ4n) is 1.77. The number of phenolic OH excluding ortho intramolecular Hbond substituents is 1. The molecule has 0 bridgehead atoms. The number of benzene rings is 1. The number of carbonyl (C=O) groups excluding carboxylic acids is 1. The number of aromatic nitrogens is 2. The lowest BCUT2D eigenvalue weighted by molar-refractivity contribution is -0.121. The zero-order valence-electron chi connectivity index (χ0n) is 11.5. The molecule has 7 heteroatoms. The van der Waals surface area contributed by atoms with E-state index < -0.39 is 0 Å². The second kappa shape index (κ2) is 6.00. The van der Waals surface area contributed by atoms with Crippen LogP contribution in [0.2, 0.25) is 0 Å². The van der Waals surface area contributed by atoms with Crippen LogP contribution in [0.15, 0.2) is 35.6 Å². The van der Waals surface area contributed by atoms with Crippen molar-refractivity contribution in [1.82, 2.24) is 21.0 Å². The summed E-state index contributed by atoms with van der Waals surface area (Å²) in [6.07, 6.45) is -0.0411. The van der Waals surface area contributed by atoms with Gasteiger partial charge in [-0.2, -0.15) is 0 Å². The van der Waals surface area contributed by atoms with Gasteiger partial charge in [0.1, 0.15) is 5.75 Å². The maximum atomic E-state index is 11.8. The van der Waals surface area contributed by atoms with Gasteiger partial charge in [-0.3, -0.25) is 25.5 Å². The maximum absolute atomic E-state index is 11.8. The average molecular weight is 288 g/mol. The molecule has 0 atom stereocenters. The minimum Gasteiger partial charge on any atom is -0.508 e. The van der Waals surface area contributed by atoms with Crippen molar-refractivity contribution in [2.45, 2.75) is 13.3 Å². The molecule has 2 rings (SSSR count). The zero-order chi connectivity index (χ0) is 15.4. The summed E-state index contributed by atoms with van der Waals surface area (Å²) in [6, 6.07) is 6.37. The Hall–Kier alpha value is -2.96. The summed E-state index contributed by atoms with van der Waals surface area (Å²) in [6.45, 7) is 5.49. The number of aromatic amines is 2. The van der Waals surface area contributed by atoms with Gasteiger partial charge < -0.3 is 10.2 Å². The molecule has 1 aromatic heterocycles. The smallest absolute Gasteiger partial charge is 0.267 e. The second-order valence-electron chi connectivity index (χ2n) is 4.56. The van der Waals surface area contributed by atoms with E-state index in [1.165, 1.54) is 12.1 Å². The number of hydrogen-bond donors (Lipinski definition) is 5. The van der Waals surface area contributed by atoms with E-state index >= 15 is 0 Å². The predicted molar refractivity (Wildman–Crippen MR) is 78.3 cm³/mol. The van der Waals surface area contributed by atoms with Crippen LogP contribution >= 0.6 is 0 Å². The first kappa shape index (κ1) is 14.4. The van der Waals surface area contributed by atoms with Crippen LogP contribution in [0.3, 0.4) is 0 Å². The molecule has 1 heterocycles. The van der Waals surface area contributed by atoms with Crippen LogP contribution in [0.5, 0.6) is 5.75 Å². The number of H-pyrrole nitrogens is 2. The van der Waals surface area contributed by atoms with Crippen LogP contribution in [0.1, 0.15) is 16.8 Å². The molecule has 0 aliphatic carbocycles. The van der Waals surface area contributed by atoms with Crippen LogP contribution in [-0.2, 0) is 11.2 Å². The highest BCUT2D eigenvalue weighted by molar-refractivity contribution is 5.79. The molecule has 0 aliphatic heterocycles. The van der Waals surface area contributed by atoms with Crippen LogP contribution in [-0.4, -0.2) is 21.2 Å². The minimum atomic E-state index is -0.358. The quantitative estimate of drug-likeness (QED) is 0.517. The van der Waals surface area contributed by atoms with Crippen molar-refractivity contribution in [3.05, 3.63) is 58.0 Å². The summed E-state index contributed by atoms with van der Waals surface area (Å²) in [5.74, 6) is -0.208. The third kappa shape index (κ3) is 3.53. The molecule has 21 heavy (non-hydrogen) atoms. The fourth-order valence-corrected chi connectivity index (χ4v) is 1.77. The van der Waals surface area contributed by atoms with Gasteiger partial charge in [-0.15, -0.1) is 0 Å². The zero-order valence-corrected chi connectivity index (χ0v) is 11.5. The molecule has 0 saturated carbocycles. The van der Waals surface area contributed by atoms with Crippen molar-refractivity contribution in [3.63, 3.8) is 0 Å². The van der Waals surface area contributed by atoms with E-state index in [1.807, 2.05) is 0 Å². The number of aryl methyl sites for hydroxylation is 1. The Labute approximate surface area is 120 Å². The van der Waals surface area contributed by atoms with Crippen LogP contribution in [0, 0.1) is 6.92 Å². The monoisotopic (exact) mass is 288 g/mol. The lowest BCUT2D eigenvalue weighted by atomic mass is 10.2. The molecule has 110 valence electrons. The van der Waals surface area contributed by atoms with Crippen LogP contribution < -0.4 is 16.4 Å². The summed E-state index contributed by atoms with van der Waals surface area (Å²) < 4.78 is 0. The molecule has 2 aromatic rings. The Kier molecular flexibility index (Phi) is 4.13. The number of phenols is 1. The number of nitrogens with one attached hydrogen (secondary N) is 4. The van der Waals surface area contributed by atoms with E-state index in [2.05, 4.69) is 27.6 Å². The first-order chi connectivity index (χ1) is 9.97. The Morgan fingerprint density at radius 1 is 1.24 bits per heavy atom. The molecule has 5 N–H and O–H groups in total. The molecular weight excluding hydrogens is 272 g/mol. The lowest BCUT2D eigenvalue weighted by Gasteiger charge is -2.11. The summed E-state index contributed by atoms with van der Waals surface area (Å²) in [4.78, 5) is 23.2. The highest BCUT2D eigenvalue weighted by atomic mass is 16.3. The standard InChI is InChI=1S/C14H16N4O3/c1-8(10-3-5-11(19)6-4-10)15-17-13(20)7-12-9(2)16-18-14(12)21/h3-6,15,19H,1,7H2,2H3,(H,17,20)(H2,16,18,21). The van der Waals surface area contributed by atoms with Gasteiger partial charge >= 0.3 is 0 Å². The van der Waals surface area contributed by atoms with Crippen molar-refractivity contribution in [2.75, 3.05) is 0 Å². The van der Waals surface area contributed by atoms with Crippen molar-refractivity contribution < 1.29 is 9.90 Å². The van der Waals surface area contributed by atoms with Gasteiger partial charge in [0, 0.05) is 11.3 Å². The number of aromatic hydroxyl groups is 1. The van der Waals surface area contributed by atoms with Gasteiger partial charge in [0.2, 0.25) is 5.91 Å². The van der Waals surface area contributed by atoms with Crippen molar-refractivity contribution in [1.29, 1.82) is 0 Å². The summed E-state index contributed by atoms with van der Waals surface area (Å²) >= 11 is 0. The van der Waals surface area contributed by atoms with Gasteiger partial charge in [0.25, 0.3) is 5.56 Å². The van der Waals surface area contributed by atoms with Gasteiger partial charge in [0.15, 0.2) is 0 Å². The van der Waals surface area contributed by atoms with E-state index in [0.717, 1.165) is 5.56 Å². The average Bonchev–Trinajstić information content (AvgIpc) is 2.77. The van der Waals surface area contributed by atoms with Gasteiger partial charge in [-0.1, -0.05) is 6.58 Å². The summed E-state index contributed by atoms with van der Waals surface area (Å²) in [5.41, 5.74) is 7.06. The lowest BCUT2D eigenvalue weighted by Crippen LogP contribution is -2.37. The van der Waals surface area contributed by atoms with Crippen LogP contribution in [0.25, 0.3) is 5.70 Å². The molecule has 0 radical (unpaired) electrons. The first-order valence-electron chi connectivity index (χ1n) is 6.26. The normalized spacial score (nSPS) is 10.1. The highest BCUT2D eigenvalue weighted by Gasteiger charge is 2.11. The Balaban J connectivity index is 1.91. The largest absolute Gasteiger partial charge is 0.508 e. The van der Waals surface area contributed by atoms with Crippen molar-refractivity contribution >= 4 is 11.6 Å². The molecule has 7 nitrogen and oxygen atoms in total. The van der Waals surface area contributed by atoms with E-state index in [-0.39, 0.29) is 23.6 Å². The Morgan fingerprint density at radius 3 is 2.48 bits per heavy atom. The summed E-state index contributed by atoms with van der Waals surface area (Å²) in [7, 11) is 0. The minimum absolute atomic E-state index is 0.0411.